The number of carbonyl (C=O) groups is 1. The Morgan fingerprint density at radius 2 is 2.00 bits per heavy atom. The first-order chi connectivity index (χ1) is 8.56. The summed E-state index contributed by atoms with van der Waals surface area (Å²) in [6.45, 7) is 1.35. The molecule has 0 radical (unpaired) electrons. The fourth-order valence-electron chi connectivity index (χ4n) is 2.14. The van der Waals surface area contributed by atoms with Gasteiger partial charge in [-0.15, -0.1) is 0 Å². The van der Waals surface area contributed by atoms with Crippen LogP contribution in [0, 0.1) is 0 Å². The number of nitrogens with two attached hydrogens (primary N) is 1. The lowest BCUT2D eigenvalue weighted by atomic mass is 9.91. The standard InChI is InChI=1S/C13H17BrN2O2/c14-11-4-2-1-3-10(11)12(17)16-7-5-13(18,9-15)6-8-16/h1-4,18H,5-9,15H2. The first-order valence-corrected chi connectivity index (χ1v) is 6.81. The number of halogens is 1. The van der Waals surface area contributed by atoms with E-state index in [1.165, 1.54) is 0 Å². The number of aliphatic hydroxyl groups is 1. The van der Waals surface area contributed by atoms with Gasteiger partial charge in [-0.1, -0.05) is 12.1 Å². The molecule has 0 unspecified atom stereocenters. The molecule has 0 bridgehead atoms. The van der Waals surface area contributed by atoms with Gasteiger partial charge in [0.25, 0.3) is 5.91 Å². The van der Waals surface area contributed by atoms with Gasteiger partial charge in [-0.3, -0.25) is 4.79 Å². The average Bonchev–Trinajstić information content (AvgIpc) is 2.39. The molecular formula is C13H17BrN2O2. The molecule has 98 valence electrons. The maximum atomic E-state index is 12.3. The Morgan fingerprint density at radius 1 is 1.39 bits per heavy atom. The molecule has 4 nitrogen and oxygen atoms in total. The van der Waals surface area contributed by atoms with Crippen LogP contribution in [0.15, 0.2) is 28.7 Å². The molecule has 2 rings (SSSR count). The molecule has 1 amide bonds. The zero-order valence-electron chi connectivity index (χ0n) is 10.1. The van der Waals surface area contributed by atoms with E-state index >= 15 is 0 Å². The summed E-state index contributed by atoms with van der Waals surface area (Å²) >= 11 is 3.38. The number of benzene rings is 1. The topological polar surface area (TPSA) is 66.6 Å². The Kier molecular flexibility index (Phi) is 4.04. The van der Waals surface area contributed by atoms with Crippen LogP contribution in [0.3, 0.4) is 0 Å². The molecule has 0 spiro atoms. The van der Waals surface area contributed by atoms with Crippen molar-refractivity contribution in [3.63, 3.8) is 0 Å². The number of rotatable bonds is 2. The van der Waals surface area contributed by atoms with Crippen LogP contribution in [0.2, 0.25) is 0 Å². The maximum Gasteiger partial charge on any atom is 0.255 e. The van der Waals surface area contributed by atoms with E-state index in [2.05, 4.69) is 15.9 Å². The highest BCUT2D eigenvalue weighted by Crippen LogP contribution is 2.24. The molecule has 18 heavy (non-hydrogen) atoms. The Labute approximate surface area is 115 Å². The van der Waals surface area contributed by atoms with Crippen LogP contribution in [0.25, 0.3) is 0 Å². The lowest BCUT2D eigenvalue weighted by Gasteiger charge is -2.37. The first-order valence-electron chi connectivity index (χ1n) is 6.02. The van der Waals surface area contributed by atoms with Gasteiger partial charge in [0, 0.05) is 24.1 Å². The molecule has 3 N–H and O–H groups in total. The van der Waals surface area contributed by atoms with Crippen LogP contribution in [0.4, 0.5) is 0 Å². The SMILES string of the molecule is NCC1(O)CCN(C(=O)c2ccccc2Br)CC1. The second-order valence-corrected chi connectivity index (χ2v) is 5.55. The fourth-order valence-corrected chi connectivity index (χ4v) is 2.59. The predicted molar refractivity (Wildman–Crippen MR) is 73.3 cm³/mol. The van der Waals surface area contributed by atoms with Crippen LogP contribution >= 0.6 is 15.9 Å². The Morgan fingerprint density at radius 3 is 2.56 bits per heavy atom. The zero-order chi connectivity index (χ0) is 13.2. The molecule has 0 saturated carbocycles. The largest absolute Gasteiger partial charge is 0.388 e. The van der Waals surface area contributed by atoms with Crippen molar-refractivity contribution in [1.82, 2.24) is 4.90 Å². The summed E-state index contributed by atoms with van der Waals surface area (Å²) < 4.78 is 0.801. The van der Waals surface area contributed by atoms with Gasteiger partial charge in [-0.05, 0) is 40.9 Å². The smallest absolute Gasteiger partial charge is 0.255 e. The summed E-state index contributed by atoms with van der Waals surface area (Å²) in [5, 5.41) is 10.0. The molecule has 0 atom stereocenters. The number of piperidine rings is 1. The molecule has 1 aromatic carbocycles. The summed E-state index contributed by atoms with van der Waals surface area (Å²) in [4.78, 5) is 14.1. The van der Waals surface area contributed by atoms with Gasteiger partial charge in [0.05, 0.1) is 11.2 Å². The minimum atomic E-state index is -0.801. The molecule has 1 saturated heterocycles. The summed E-state index contributed by atoms with van der Waals surface area (Å²) in [7, 11) is 0. The highest BCUT2D eigenvalue weighted by Gasteiger charge is 2.33. The van der Waals surface area contributed by atoms with Crippen molar-refractivity contribution in [2.45, 2.75) is 18.4 Å². The summed E-state index contributed by atoms with van der Waals surface area (Å²) in [6.07, 6.45) is 1.08. The monoisotopic (exact) mass is 312 g/mol. The number of likely N-dealkylation sites (tertiary alicyclic amines) is 1. The fraction of sp³-hybridized carbons (Fsp3) is 0.462. The third-order valence-electron chi connectivity index (χ3n) is 3.47. The van der Waals surface area contributed by atoms with E-state index in [9.17, 15) is 9.90 Å². The molecule has 1 heterocycles. The van der Waals surface area contributed by atoms with Gasteiger partial charge in [-0.2, -0.15) is 0 Å². The van der Waals surface area contributed by atoms with Crippen LogP contribution in [0.5, 0.6) is 0 Å². The lowest BCUT2D eigenvalue weighted by molar-refractivity contribution is -0.00953. The van der Waals surface area contributed by atoms with Crippen molar-refractivity contribution >= 4 is 21.8 Å². The first kappa shape index (κ1) is 13.5. The highest BCUT2D eigenvalue weighted by atomic mass is 79.9. The molecular weight excluding hydrogens is 296 g/mol. The van der Waals surface area contributed by atoms with E-state index in [-0.39, 0.29) is 12.5 Å². The summed E-state index contributed by atoms with van der Waals surface area (Å²) in [6, 6.07) is 7.38. The molecule has 1 aliphatic heterocycles. The second kappa shape index (κ2) is 5.38. The number of amides is 1. The van der Waals surface area contributed by atoms with Crippen molar-refractivity contribution in [2.24, 2.45) is 5.73 Å². The Balaban J connectivity index is 2.07. The highest BCUT2D eigenvalue weighted by molar-refractivity contribution is 9.10. The van der Waals surface area contributed by atoms with Gasteiger partial charge in [0.15, 0.2) is 0 Å². The van der Waals surface area contributed by atoms with Gasteiger partial charge in [0.1, 0.15) is 0 Å². The second-order valence-electron chi connectivity index (χ2n) is 4.70. The number of hydrogen-bond acceptors (Lipinski definition) is 3. The molecule has 5 heteroatoms. The third kappa shape index (κ3) is 2.74. The molecule has 1 fully saturated rings. The molecule has 1 aromatic rings. The quantitative estimate of drug-likeness (QED) is 0.867. The van der Waals surface area contributed by atoms with Crippen LogP contribution in [-0.2, 0) is 0 Å². The minimum absolute atomic E-state index is 0.00143. The molecule has 1 aliphatic rings. The summed E-state index contributed by atoms with van der Waals surface area (Å²) in [5.74, 6) is 0.00143. The summed E-state index contributed by atoms with van der Waals surface area (Å²) in [5.41, 5.74) is 5.40. The maximum absolute atomic E-state index is 12.3. The molecule has 0 aromatic heterocycles. The van der Waals surface area contributed by atoms with E-state index in [1.54, 1.807) is 11.0 Å². The lowest BCUT2D eigenvalue weighted by Crippen LogP contribution is -2.50. The van der Waals surface area contributed by atoms with Gasteiger partial charge in [0.2, 0.25) is 0 Å². The van der Waals surface area contributed by atoms with Crippen molar-refractivity contribution < 1.29 is 9.90 Å². The third-order valence-corrected chi connectivity index (χ3v) is 4.16. The normalized spacial score (nSPS) is 18.7. The van der Waals surface area contributed by atoms with Crippen molar-refractivity contribution in [3.8, 4) is 0 Å². The number of hydrogen-bond donors (Lipinski definition) is 2. The van der Waals surface area contributed by atoms with Crippen molar-refractivity contribution in [3.05, 3.63) is 34.3 Å². The Bertz CT molecular complexity index is 442. The van der Waals surface area contributed by atoms with E-state index in [0.717, 1.165) is 4.47 Å². The van der Waals surface area contributed by atoms with E-state index in [0.29, 0.717) is 31.5 Å². The van der Waals surface area contributed by atoms with Gasteiger partial charge < -0.3 is 15.7 Å². The van der Waals surface area contributed by atoms with Crippen LogP contribution in [-0.4, -0.2) is 41.1 Å². The van der Waals surface area contributed by atoms with Crippen molar-refractivity contribution in [1.29, 1.82) is 0 Å². The van der Waals surface area contributed by atoms with Gasteiger partial charge >= 0.3 is 0 Å². The van der Waals surface area contributed by atoms with Crippen LogP contribution in [0.1, 0.15) is 23.2 Å². The Hall–Kier alpha value is -0.910. The van der Waals surface area contributed by atoms with E-state index in [1.807, 2.05) is 18.2 Å². The van der Waals surface area contributed by atoms with Crippen LogP contribution < -0.4 is 5.73 Å². The number of nitrogens with zero attached hydrogens (tertiary/aromatic N) is 1. The molecule has 0 aliphatic carbocycles. The van der Waals surface area contributed by atoms with E-state index < -0.39 is 5.60 Å². The average molecular weight is 313 g/mol. The van der Waals surface area contributed by atoms with E-state index in [4.69, 9.17) is 5.73 Å². The van der Waals surface area contributed by atoms with Crippen molar-refractivity contribution in [2.75, 3.05) is 19.6 Å². The van der Waals surface area contributed by atoms with Gasteiger partial charge in [-0.25, -0.2) is 0 Å². The zero-order valence-corrected chi connectivity index (χ0v) is 11.7. The number of carbonyl (C=O) groups excluding carboxylic acids is 1. The minimum Gasteiger partial charge on any atom is -0.388 e. The predicted octanol–water partition coefficient (Wildman–Crippen LogP) is 1.37.